The van der Waals surface area contributed by atoms with Gasteiger partial charge >= 0.3 is 0 Å². The quantitative estimate of drug-likeness (QED) is 0.665. The summed E-state index contributed by atoms with van der Waals surface area (Å²) < 4.78 is 30.2. The van der Waals surface area contributed by atoms with Crippen molar-refractivity contribution < 1.29 is 18.7 Å². The molecular formula is C25H22F2N4O2. The van der Waals surface area contributed by atoms with Crippen LogP contribution in [-0.2, 0) is 24.2 Å². The van der Waals surface area contributed by atoms with Gasteiger partial charge in [0.15, 0.2) is 0 Å². The van der Waals surface area contributed by atoms with Gasteiger partial charge in [0.2, 0.25) is 5.91 Å². The number of amides is 1. The topological polar surface area (TPSA) is 82.2 Å². The number of benzene rings is 2. The van der Waals surface area contributed by atoms with Gasteiger partial charge in [0.1, 0.15) is 17.7 Å². The second kappa shape index (κ2) is 8.09. The summed E-state index contributed by atoms with van der Waals surface area (Å²) in [4.78, 5) is 14.2. The first-order chi connectivity index (χ1) is 15.9. The molecule has 1 aliphatic heterocycles. The molecule has 6 nitrogen and oxygen atoms in total. The molecule has 8 heteroatoms. The van der Waals surface area contributed by atoms with E-state index in [0.717, 1.165) is 17.3 Å². The van der Waals surface area contributed by atoms with E-state index in [0.29, 0.717) is 53.9 Å². The molecule has 0 unspecified atom stereocenters. The van der Waals surface area contributed by atoms with E-state index in [4.69, 9.17) is 5.10 Å². The van der Waals surface area contributed by atoms with Gasteiger partial charge in [-0.1, -0.05) is 19.1 Å². The molecule has 0 saturated heterocycles. The Bertz CT molecular complexity index is 1310. The van der Waals surface area contributed by atoms with Crippen molar-refractivity contribution in [3.05, 3.63) is 76.0 Å². The number of hydrogen-bond donors (Lipinski definition) is 1. The van der Waals surface area contributed by atoms with E-state index in [9.17, 15) is 23.9 Å². The van der Waals surface area contributed by atoms with Gasteiger partial charge in [0.05, 0.1) is 23.4 Å². The van der Waals surface area contributed by atoms with Crippen molar-refractivity contribution in [1.29, 1.82) is 5.26 Å². The molecule has 3 aromatic rings. The first-order valence-corrected chi connectivity index (χ1v) is 11.0. The van der Waals surface area contributed by atoms with Crippen LogP contribution >= 0.6 is 0 Å². The second-order valence-corrected chi connectivity index (χ2v) is 8.50. The van der Waals surface area contributed by atoms with E-state index in [1.54, 1.807) is 27.8 Å². The number of carbonyl (C=O) groups excluding carboxylic acids is 1. The molecule has 0 spiro atoms. The van der Waals surface area contributed by atoms with E-state index in [-0.39, 0.29) is 12.3 Å². The first-order valence-electron chi connectivity index (χ1n) is 11.0. The molecule has 1 N–H and O–H groups in total. The third-order valence-electron chi connectivity index (χ3n) is 6.56. The predicted octanol–water partition coefficient (Wildman–Crippen LogP) is 3.50. The third kappa shape index (κ3) is 3.49. The van der Waals surface area contributed by atoms with Crippen LogP contribution in [0.3, 0.4) is 0 Å². The Balaban J connectivity index is 1.69. The first kappa shape index (κ1) is 21.3. The summed E-state index contributed by atoms with van der Waals surface area (Å²) in [6.45, 7) is 2.66. The number of hydrogen-bond acceptors (Lipinski definition) is 4. The molecule has 0 fully saturated rings. The molecule has 0 radical (unpaired) electrons. The van der Waals surface area contributed by atoms with Gasteiger partial charge in [-0.25, -0.2) is 8.78 Å². The van der Waals surface area contributed by atoms with E-state index in [1.165, 1.54) is 6.07 Å². The number of aromatic nitrogens is 2. The highest BCUT2D eigenvalue weighted by Crippen LogP contribution is 2.40. The van der Waals surface area contributed by atoms with E-state index < -0.39 is 23.8 Å². The molecular weight excluding hydrogens is 426 g/mol. The van der Waals surface area contributed by atoms with Gasteiger partial charge in [-0.2, -0.15) is 10.4 Å². The molecule has 2 heterocycles. The molecule has 5 rings (SSSR count). The number of rotatable bonds is 3. The number of halogens is 2. The number of nitriles is 1. The Morgan fingerprint density at radius 2 is 2.09 bits per heavy atom. The van der Waals surface area contributed by atoms with E-state index in [2.05, 4.69) is 6.07 Å². The zero-order valence-corrected chi connectivity index (χ0v) is 18.1. The van der Waals surface area contributed by atoms with Crippen LogP contribution in [0.2, 0.25) is 0 Å². The minimum absolute atomic E-state index is 0.0283. The summed E-state index contributed by atoms with van der Waals surface area (Å²) in [5.41, 5.74) is 4.13. The average molecular weight is 448 g/mol. The SMILES string of the molecule is CCC(=O)N1CCc2c(c(-c3cccc(C#N)c3)nn2[C@@H]2c3cc(F)cc(F)c3C[C@@H]2O)C1. The van der Waals surface area contributed by atoms with Gasteiger partial charge in [0, 0.05) is 55.2 Å². The van der Waals surface area contributed by atoms with Gasteiger partial charge in [-0.05, 0) is 29.3 Å². The van der Waals surface area contributed by atoms with Crippen molar-refractivity contribution in [2.24, 2.45) is 0 Å². The standard InChI is InChI=1S/C25H22F2N4O2/c1-2-23(33)30-7-6-21-19(13-30)24(15-5-3-4-14(8-15)12-28)29-31(21)25-18-9-16(26)10-20(27)17(18)11-22(25)32/h3-5,8-10,22,25,32H,2,6-7,11,13H2,1H3/t22-,25+/m0/s1. The van der Waals surface area contributed by atoms with Crippen molar-refractivity contribution >= 4 is 5.91 Å². The normalized spacial score (nSPS) is 19.2. The van der Waals surface area contributed by atoms with Crippen LogP contribution in [0.4, 0.5) is 8.78 Å². The number of nitrogens with zero attached hydrogens (tertiary/aromatic N) is 4. The Hall–Kier alpha value is -3.57. The lowest BCUT2D eigenvalue weighted by Gasteiger charge is -2.29. The number of aliphatic hydroxyl groups is 1. The summed E-state index contributed by atoms with van der Waals surface area (Å²) >= 11 is 0. The monoisotopic (exact) mass is 448 g/mol. The number of carbonyl (C=O) groups is 1. The molecule has 1 amide bonds. The summed E-state index contributed by atoms with van der Waals surface area (Å²) in [5, 5.41) is 25.0. The summed E-state index contributed by atoms with van der Waals surface area (Å²) in [5.74, 6) is -1.34. The second-order valence-electron chi connectivity index (χ2n) is 8.50. The van der Waals surface area contributed by atoms with Crippen LogP contribution < -0.4 is 0 Å². The van der Waals surface area contributed by atoms with Crippen molar-refractivity contribution in [3.8, 4) is 17.3 Å². The average Bonchev–Trinajstić information content (AvgIpc) is 3.35. The fourth-order valence-electron chi connectivity index (χ4n) is 5.01. The van der Waals surface area contributed by atoms with E-state index in [1.807, 2.05) is 13.0 Å². The third-order valence-corrected chi connectivity index (χ3v) is 6.56. The molecule has 2 aromatic carbocycles. The minimum Gasteiger partial charge on any atom is -0.390 e. The summed E-state index contributed by atoms with van der Waals surface area (Å²) in [6, 6.07) is 10.5. The molecule has 1 aromatic heterocycles. The molecule has 2 atom stereocenters. The van der Waals surface area contributed by atoms with Crippen LogP contribution in [0.1, 0.15) is 47.3 Å². The van der Waals surface area contributed by atoms with Crippen LogP contribution in [0.25, 0.3) is 11.3 Å². The number of aliphatic hydroxyl groups excluding tert-OH is 1. The van der Waals surface area contributed by atoms with Crippen LogP contribution in [-0.4, -0.2) is 38.3 Å². The number of fused-ring (bicyclic) bond motifs is 2. The fourth-order valence-corrected chi connectivity index (χ4v) is 5.01. The maximum absolute atomic E-state index is 14.4. The molecule has 0 bridgehead atoms. The smallest absolute Gasteiger partial charge is 0.222 e. The highest BCUT2D eigenvalue weighted by atomic mass is 19.1. The summed E-state index contributed by atoms with van der Waals surface area (Å²) in [6.07, 6.45) is -0.00684. The fraction of sp³-hybridized carbons (Fsp3) is 0.320. The lowest BCUT2D eigenvalue weighted by molar-refractivity contribution is -0.131. The maximum atomic E-state index is 14.4. The Kier molecular flexibility index (Phi) is 5.22. The summed E-state index contributed by atoms with van der Waals surface area (Å²) in [7, 11) is 0. The van der Waals surface area contributed by atoms with E-state index >= 15 is 0 Å². The Morgan fingerprint density at radius 3 is 2.85 bits per heavy atom. The van der Waals surface area contributed by atoms with Gasteiger partial charge < -0.3 is 10.0 Å². The zero-order valence-electron chi connectivity index (χ0n) is 18.1. The molecule has 0 saturated carbocycles. The molecule has 1 aliphatic carbocycles. The van der Waals surface area contributed by atoms with Gasteiger partial charge in [0.25, 0.3) is 0 Å². The van der Waals surface area contributed by atoms with Crippen LogP contribution in [0.15, 0.2) is 36.4 Å². The predicted molar refractivity (Wildman–Crippen MR) is 116 cm³/mol. The van der Waals surface area contributed by atoms with Crippen molar-refractivity contribution in [2.75, 3.05) is 6.54 Å². The Labute approximate surface area is 189 Å². The Morgan fingerprint density at radius 1 is 1.27 bits per heavy atom. The largest absolute Gasteiger partial charge is 0.390 e. The molecule has 33 heavy (non-hydrogen) atoms. The van der Waals surface area contributed by atoms with Gasteiger partial charge in [-0.15, -0.1) is 0 Å². The van der Waals surface area contributed by atoms with Crippen molar-refractivity contribution in [2.45, 2.75) is 44.9 Å². The van der Waals surface area contributed by atoms with Crippen LogP contribution in [0, 0.1) is 23.0 Å². The highest BCUT2D eigenvalue weighted by molar-refractivity contribution is 5.77. The lowest BCUT2D eigenvalue weighted by atomic mass is 9.99. The zero-order chi connectivity index (χ0) is 23.3. The molecule has 2 aliphatic rings. The van der Waals surface area contributed by atoms with Crippen molar-refractivity contribution in [1.82, 2.24) is 14.7 Å². The lowest BCUT2D eigenvalue weighted by Crippen LogP contribution is -2.36. The highest BCUT2D eigenvalue weighted by Gasteiger charge is 2.39. The molecule has 168 valence electrons. The maximum Gasteiger partial charge on any atom is 0.222 e. The van der Waals surface area contributed by atoms with Crippen molar-refractivity contribution in [3.63, 3.8) is 0 Å². The van der Waals surface area contributed by atoms with Gasteiger partial charge in [-0.3, -0.25) is 9.48 Å². The van der Waals surface area contributed by atoms with Crippen LogP contribution in [0.5, 0.6) is 0 Å². The minimum atomic E-state index is -0.964.